The van der Waals surface area contributed by atoms with Gasteiger partial charge in [-0.1, -0.05) is 54.6 Å². The highest BCUT2D eigenvalue weighted by molar-refractivity contribution is 5.91. The van der Waals surface area contributed by atoms with Crippen molar-refractivity contribution in [2.24, 2.45) is 0 Å². The summed E-state index contributed by atoms with van der Waals surface area (Å²) in [7, 11) is 0. The van der Waals surface area contributed by atoms with Gasteiger partial charge in [0.25, 0.3) is 0 Å². The van der Waals surface area contributed by atoms with Crippen LogP contribution in [0, 0.1) is 0 Å². The number of amides is 1. The van der Waals surface area contributed by atoms with E-state index in [2.05, 4.69) is 5.32 Å². The van der Waals surface area contributed by atoms with Crippen molar-refractivity contribution in [3.63, 3.8) is 0 Å². The Labute approximate surface area is 176 Å². The molecule has 0 bridgehead atoms. The SMILES string of the molecule is CCOC(=O)Cc1ccc(-c2ccc(OCc3ccccc3)cc2)cc1NC(C)=O. The number of benzene rings is 3. The zero-order valence-electron chi connectivity index (χ0n) is 17.2. The fourth-order valence-electron chi connectivity index (χ4n) is 3.07. The first kappa shape index (κ1) is 21.1. The maximum Gasteiger partial charge on any atom is 0.310 e. The van der Waals surface area contributed by atoms with Gasteiger partial charge in [-0.25, -0.2) is 0 Å². The number of anilines is 1. The molecule has 0 heterocycles. The van der Waals surface area contributed by atoms with E-state index in [0.29, 0.717) is 18.9 Å². The quantitative estimate of drug-likeness (QED) is 0.538. The molecule has 1 N–H and O–H groups in total. The standard InChI is InChI=1S/C25H25NO4/c1-3-29-25(28)16-22-10-9-21(15-24(22)26-18(2)27)20-11-13-23(14-12-20)30-17-19-7-5-4-6-8-19/h4-15H,3,16-17H2,1-2H3,(H,26,27). The third-order valence-corrected chi connectivity index (χ3v) is 4.50. The maximum atomic E-state index is 11.9. The molecule has 3 aromatic rings. The second kappa shape index (κ2) is 10.3. The highest BCUT2D eigenvalue weighted by atomic mass is 16.5. The van der Waals surface area contributed by atoms with Gasteiger partial charge in [-0.2, -0.15) is 0 Å². The van der Waals surface area contributed by atoms with Gasteiger partial charge in [-0.05, 0) is 47.4 Å². The summed E-state index contributed by atoms with van der Waals surface area (Å²) < 4.78 is 10.9. The first-order valence-electron chi connectivity index (χ1n) is 9.88. The van der Waals surface area contributed by atoms with Crippen LogP contribution in [0.1, 0.15) is 25.0 Å². The second-order valence-corrected chi connectivity index (χ2v) is 6.83. The Hall–Kier alpha value is -3.60. The Morgan fingerprint density at radius 3 is 2.27 bits per heavy atom. The smallest absolute Gasteiger partial charge is 0.310 e. The molecular formula is C25H25NO4. The molecule has 0 saturated carbocycles. The fourth-order valence-corrected chi connectivity index (χ4v) is 3.07. The summed E-state index contributed by atoms with van der Waals surface area (Å²) in [5, 5.41) is 2.81. The Balaban J connectivity index is 1.75. The van der Waals surface area contributed by atoms with E-state index >= 15 is 0 Å². The van der Waals surface area contributed by atoms with Gasteiger partial charge in [0.15, 0.2) is 0 Å². The highest BCUT2D eigenvalue weighted by Gasteiger charge is 2.12. The van der Waals surface area contributed by atoms with Crippen LogP contribution in [0.3, 0.4) is 0 Å². The maximum absolute atomic E-state index is 11.9. The van der Waals surface area contributed by atoms with E-state index in [1.54, 1.807) is 6.92 Å². The van der Waals surface area contributed by atoms with Gasteiger partial charge in [0.1, 0.15) is 12.4 Å². The third kappa shape index (κ3) is 5.95. The molecule has 5 heteroatoms. The normalized spacial score (nSPS) is 10.3. The van der Waals surface area contributed by atoms with E-state index in [4.69, 9.17) is 9.47 Å². The number of hydrogen-bond donors (Lipinski definition) is 1. The highest BCUT2D eigenvalue weighted by Crippen LogP contribution is 2.28. The molecule has 3 rings (SSSR count). The van der Waals surface area contributed by atoms with Gasteiger partial charge >= 0.3 is 5.97 Å². The number of rotatable bonds is 8. The molecule has 0 aliphatic carbocycles. The first-order chi connectivity index (χ1) is 14.5. The molecule has 0 spiro atoms. The molecule has 154 valence electrons. The van der Waals surface area contributed by atoms with Crippen LogP contribution in [0.25, 0.3) is 11.1 Å². The van der Waals surface area contributed by atoms with Crippen molar-refractivity contribution >= 4 is 17.6 Å². The number of esters is 1. The van der Waals surface area contributed by atoms with Gasteiger partial charge in [0.05, 0.1) is 13.0 Å². The molecule has 3 aromatic carbocycles. The summed E-state index contributed by atoms with van der Waals surface area (Å²) in [4.78, 5) is 23.5. The largest absolute Gasteiger partial charge is 0.489 e. The van der Waals surface area contributed by atoms with Crippen molar-refractivity contribution in [2.75, 3.05) is 11.9 Å². The minimum atomic E-state index is -0.322. The fraction of sp³-hybridized carbons (Fsp3) is 0.200. The molecule has 0 aromatic heterocycles. The first-order valence-corrected chi connectivity index (χ1v) is 9.88. The van der Waals surface area contributed by atoms with Crippen LogP contribution in [-0.2, 0) is 27.4 Å². The van der Waals surface area contributed by atoms with Gasteiger partial charge < -0.3 is 14.8 Å². The number of carbonyl (C=O) groups is 2. The Kier molecular flexibility index (Phi) is 7.22. The molecule has 0 radical (unpaired) electrons. The van der Waals surface area contributed by atoms with Crippen LogP contribution >= 0.6 is 0 Å². The van der Waals surface area contributed by atoms with Crippen molar-refractivity contribution in [1.29, 1.82) is 0 Å². The lowest BCUT2D eigenvalue weighted by Crippen LogP contribution is -2.12. The minimum absolute atomic E-state index is 0.107. The van der Waals surface area contributed by atoms with Crippen molar-refractivity contribution < 1.29 is 19.1 Å². The molecule has 0 aliphatic heterocycles. The van der Waals surface area contributed by atoms with E-state index in [1.165, 1.54) is 6.92 Å². The number of carbonyl (C=O) groups excluding carboxylic acids is 2. The van der Waals surface area contributed by atoms with E-state index in [0.717, 1.165) is 28.0 Å². The van der Waals surface area contributed by atoms with E-state index in [9.17, 15) is 9.59 Å². The molecule has 30 heavy (non-hydrogen) atoms. The number of ether oxygens (including phenoxy) is 2. The summed E-state index contributed by atoms with van der Waals surface area (Å²) in [5.74, 6) is 0.266. The van der Waals surface area contributed by atoms with E-state index in [-0.39, 0.29) is 18.3 Å². The third-order valence-electron chi connectivity index (χ3n) is 4.50. The van der Waals surface area contributed by atoms with Crippen molar-refractivity contribution in [3.05, 3.63) is 83.9 Å². The topological polar surface area (TPSA) is 64.6 Å². The average molecular weight is 403 g/mol. The summed E-state index contributed by atoms with van der Waals surface area (Å²) in [6.07, 6.45) is 0.107. The monoisotopic (exact) mass is 403 g/mol. The average Bonchev–Trinajstić information content (AvgIpc) is 2.74. The van der Waals surface area contributed by atoms with Crippen LogP contribution in [0.2, 0.25) is 0 Å². The van der Waals surface area contributed by atoms with Crippen molar-refractivity contribution in [2.45, 2.75) is 26.9 Å². The van der Waals surface area contributed by atoms with Gasteiger partial charge in [0.2, 0.25) is 5.91 Å². The number of nitrogens with one attached hydrogen (secondary N) is 1. The summed E-state index contributed by atoms with van der Waals surface area (Å²) in [6.45, 7) is 4.04. The van der Waals surface area contributed by atoms with Crippen LogP contribution in [0.5, 0.6) is 5.75 Å². The minimum Gasteiger partial charge on any atom is -0.489 e. The Morgan fingerprint density at radius 2 is 1.60 bits per heavy atom. The van der Waals surface area contributed by atoms with Crippen LogP contribution in [-0.4, -0.2) is 18.5 Å². The van der Waals surface area contributed by atoms with Crippen LogP contribution in [0.15, 0.2) is 72.8 Å². The van der Waals surface area contributed by atoms with Crippen molar-refractivity contribution in [1.82, 2.24) is 0 Å². The van der Waals surface area contributed by atoms with Crippen LogP contribution in [0.4, 0.5) is 5.69 Å². The second-order valence-electron chi connectivity index (χ2n) is 6.83. The van der Waals surface area contributed by atoms with E-state index < -0.39 is 0 Å². The molecule has 0 saturated heterocycles. The lowest BCUT2D eigenvalue weighted by molar-refractivity contribution is -0.142. The number of hydrogen-bond acceptors (Lipinski definition) is 4. The molecule has 0 unspecified atom stereocenters. The molecule has 0 atom stereocenters. The lowest BCUT2D eigenvalue weighted by atomic mass is 10.0. The Morgan fingerprint density at radius 1 is 0.900 bits per heavy atom. The van der Waals surface area contributed by atoms with Gasteiger partial charge in [0, 0.05) is 12.6 Å². The Bertz CT molecular complexity index is 997. The zero-order valence-corrected chi connectivity index (χ0v) is 17.2. The molecular weight excluding hydrogens is 378 g/mol. The zero-order chi connectivity index (χ0) is 21.3. The predicted molar refractivity (Wildman–Crippen MR) is 117 cm³/mol. The molecule has 5 nitrogen and oxygen atoms in total. The van der Waals surface area contributed by atoms with E-state index in [1.807, 2.05) is 72.8 Å². The predicted octanol–water partition coefficient (Wildman–Crippen LogP) is 5.00. The summed E-state index contributed by atoms with van der Waals surface area (Å²) in [6, 6.07) is 23.4. The van der Waals surface area contributed by atoms with Crippen LogP contribution < -0.4 is 10.1 Å². The molecule has 0 fully saturated rings. The summed E-state index contributed by atoms with van der Waals surface area (Å²) in [5.41, 5.74) is 4.35. The summed E-state index contributed by atoms with van der Waals surface area (Å²) >= 11 is 0. The lowest BCUT2D eigenvalue weighted by Gasteiger charge is -2.13. The van der Waals surface area contributed by atoms with Gasteiger partial charge in [-0.15, -0.1) is 0 Å². The molecule has 0 aliphatic rings. The van der Waals surface area contributed by atoms with Crippen molar-refractivity contribution in [3.8, 4) is 16.9 Å². The molecule has 1 amide bonds. The van der Waals surface area contributed by atoms with Gasteiger partial charge in [-0.3, -0.25) is 9.59 Å².